The lowest BCUT2D eigenvalue weighted by atomic mass is 10.1. The molecule has 0 aliphatic heterocycles. The van der Waals surface area contributed by atoms with Crippen molar-refractivity contribution in [2.45, 2.75) is 13.0 Å². The Balaban J connectivity index is 2.75. The van der Waals surface area contributed by atoms with E-state index in [1.165, 1.54) is 0 Å². The second-order valence-corrected chi connectivity index (χ2v) is 3.37. The van der Waals surface area contributed by atoms with Gasteiger partial charge in [-0.25, -0.2) is 0 Å². The second kappa shape index (κ2) is 4.96. The summed E-state index contributed by atoms with van der Waals surface area (Å²) >= 11 is 5.47. The molecule has 76 valence electrons. The van der Waals surface area contributed by atoms with Gasteiger partial charge in [-0.1, -0.05) is 6.07 Å². The maximum Gasteiger partial charge on any atom is 0.237 e. The molecule has 0 aliphatic carbocycles. The molecule has 0 aromatic carbocycles. The molecule has 0 radical (unpaired) electrons. The van der Waals surface area contributed by atoms with Crippen molar-refractivity contribution >= 4 is 17.5 Å². The van der Waals surface area contributed by atoms with Gasteiger partial charge in [0.15, 0.2) is 0 Å². The van der Waals surface area contributed by atoms with E-state index in [1.54, 1.807) is 24.3 Å². The molecule has 1 rings (SSSR count). The summed E-state index contributed by atoms with van der Waals surface area (Å²) in [4.78, 5) is 16.9. The van der Waals surface area contributed by atoms with Crippen LogP contribution >= 0.6 is 11.6 Å². The van der Waals surface area contributed by atoms with Crippen molar-refractivity contribution in [3.63, 3.8) is 0 Å². The van der Waals surface area contributed by atoms with Gasteiger partial charge in [-0.2, -0.15) is 0 Å². The Morgan fingerprint density at radius 2 is 2.43 bits per heavy atom. The van der Waals surface area contributed by atoms with Crippen LogP contribution in [0.4, 0.5) is 0 Å². The molecular formula is C10H13ClN2O. The molecule has 0 N–H and O–H groups in total. The Labute approximate surface area is 88.7 Å². The number of rotatable bonds is 3. The van der Waals surface area contributed by atoms with E-state index in [4.69, 9.17) is 11.6 Å². The first-order valence-corrected chi connectivity index (χ1v) is 4.91. The summed E-state index contributed by atoms with van der Waals surface area (Å²) in [6.07, 6.45) is 3.46. The molecule has 0 spiro atoms. The minimum Gasteiger partial charge on any atom is -0.338 e. The van der Waals surface area contributed by atoms with Gasteiger partial charge < -0.3 is 4.90 Å². The Kier molecular flexibility index (Phi) is 3.89. The highest BCUT2D eigenvalue weighted by Gasteiger charge is 2.15. The highest BCUT2D eigenvalue weighted by Crippen LogP contribution is 2.17. The number of pyridine rings is 1. The van der Waals surface area contributed by atoms with Crippen molar-refractivity contribution in [2.24, 2.45) is 0 Å². The monoisotopic (exact) mass is 212 g/mol. The quantitative estimate of drug-likeness (QED) is 0.717. The largest absolute Gasteiger partial charge is 0.338 e. The van der Waals surface area contributed by atoms with Gasteiger partial charge >= 0.3 is 0 Å². The van der Waals surface area contributed by atoms with Crippen LogP contribution in [0.25, 0.3) is 0 Å². The van der Waals surface area contributed by atoms with Crippen molar-refractivity contribution in [2.75, 3.05) is 12.9 Å². The molecule has 1 aromatic rings. The predicted molar refractivity (Wildman–Crippen MR) is 56.1 cm³/mol. The van der Waals surface area contributed by atoms with E-state index in [-0.39, 0.29) is 17.8 Å². The average molecular weight is 213 g/mol. The fourth-order valence-electron chi connectivity index (χ4n) is 1.16. The molecule has 1 unspecified atom stereocenters. The number of alkyl halides is 1. The Morgan fingerprint density at radius 3 is 2.93 bits per heavy atom. The molecule has 1 amide bonds. The summed E-state index contributed by atoms with van der Waals surface area (Å²) in [5.74, 6) is -0.0656. The van der Waals surface area contributed by atoms with Crippen LogP contribution in [0.1, 0.15) is 18.5 Å². The van der Waals surface area contributed by atoms with Gasteiger partial charge in [0.2, 0.25) is 5.91 Å². The lowest BCUT2D eigenvalue weighted by molar-refractivity contribution is -0.129. The number of nitrogens with zero attached hydrogens (tertiary/aromatic N) is 2. The number of aromatic nitrogens is 1. The van der Waals surface area contributed by atoms with Gasteiger partial charge in [-0.05, 0) is 18.6 Å². The van der Waals surface area contributed by atoms with E-state index in [9.17, 15) is 4.79 Å². The third-order valence-electron chi connectivity index (χ3n) is 2.26. The number of carbonyl (C=O) groups is 1. The zero-order valence-electron chi connectivity index (χ0n) is 8.27. The van der Waals surface area contributed by atoms with E-state index < -0.39 is 0 Å². The number of amides is 1. The number of hydrogen-bond donors (Lipinski definition) is 0. The molecule has 14 heavy (non-hydrogen) atoms. The smallest absolute Gasteiger partial charge is 0.237 e. The van der Waals surface area contributed by atoms with Crippen LogP contribution in [0.15, 0.2) is 24.5 Å². The minimum atomic E-state index is -0.0805. The molecular weight excluding hydrogens is 200 g/mol. The van der Waals surface area contributed by atoms with E-state index in [2.05, 4.69) is 4.98 Å². The molecule has 1 aromatic heterocycles. The molecule has 0 bridgehead atoms. The van der Waals surface area contributed by atoms with Gasteiger partial charge in [0.25, 0.3) is 0 Å². The Bertz CT molecular complexity index is 302. The fourth-order valence-corrected chi connectivity index (χ4v) is 1.35. The van der Waals surface area contributed by atoms with Crippen LogP contribution in [-0.2, 0) is 4.79 Å². The molecule has 4 heteroatoms. The van der Waals surface area contributed by atoms with Crippen LogP contribution in [-0.4, -0.2) is 28.7 Å². The van der Waals surface area contributed by atoms with Crippen LogP contribution in [0.5, 0.6) is 0 Å². The highest BCUT2D eigenvalue weighted by molar-refractivity contribution is 6.27. The molecule has 3 nitrogen and oxygen atoms in total. The lowest BCUT2D eigenvalue weighted by Crippen LogP contribution is -2.30. The molecule has 0 aliphatic rings. The minimum absolute atomic E-state index is 0.00921. The molecule has 0 saturated heterocycles. The number of carbonyl (C=O) groups excluding carboxylic acids is 1. The van der Waals surface area contributed by atoms with Crippen molar-refractivity contribution in [1.29, 1.82) is 0 Å². The molecule has 0 saturated carbocycles. The third kappa shape index (κ3) is 2.45. The lowest BCUT2D eigenvalue weighted by Gasteiger charge is -2.24. The molecule has 1 heterocycles. The maximum absolute atomic E-state index is 11.3. The Hall–Kier alpha value is -1.09. The highest BCUT2D eigenvalue weighted by atomic mass is 35.5. The van der Waals surface area contributed by atoms with Crippen LogP contribution in [0.3, 0.4) is 0 Å². The predicted octanol–water partition coefficient (Wildman–Crippen LogP) is 1.84. The molecule has 0 fully saturated rings. The fraction of sp³-hybridized carbons (Fsp3) is 0.400. The summed E-state index contributed by atoms with van der Waals surface area (Å²) in [7, 11) is 1.74. The number of halogens is 1. The number of hydrogen-bond acceptors (Lipinski definition) is 2. The van der Waals surface area contributed by atoms with Crippen molar-refractivity contribution < 1.29 is 4.79 Å². The molecule has 1 atom stereocenters. The normalized spacial score (nSPS) is 12.2. The standard InChI is InChI=1S/C10H13ClN2O/c1-8(13(2)10(14)6-11)9-4-3-5-12-7-9/h3-5,7-8H,6H2,1-2H3. The van der Waals surface area contributed by atoms with Crippen molar-refractivity contribution in [3.05, 3.63) is 30.1 Å². The third-order valence-corrected chi connectivity index (χ3v) is 2.48. The summed E-state index contributed by atoms with van der Waals surface area (Å²) in [5, 5.41) is 0. The first-order valence-electron chi connectivity index (χ1n) is 4.38. The van der Waals surface area contributed by atoms with Crippen LogP contribution < -0.4 is 0 Å². The van der Waals surface area contributed by atoms with E-state index in [0.29, 0.717) is 0 Å². The summed E-state index contributed by atoms with van der Waals surface area (Å²) in [5.41, 5.74) is 1.01. The average Bonchev–Trinajstić information content (AvgIpc) is 2.27. The zero-order valence-corrected chi connectivity index (χ0v) is 9.03. The van der Waals surface area contributed by atoms with E-state index in [1.807, 2.05) is 19.1 Å². The Morgan fingerprint density at radius 1 is 1.71 bits per heavy atom. The van der Waals surface area contributed by atoms with Crippen molar-refractivity contribution in [3.8, 4) is 0 Å². The SMILES string of the molecule is CC(c1cccnc1)N(C)C(=O)CCl. The van der Waals surface area contributed by atoms with Crippen molar-refractivity contribution in [1.82, 2.24) is 9.88 Å². The summed E-state index contributed by atoms with van der Waals surface area (Å²) in [6, 6.07) is 3.80. The topological polar surface area (TPSA) is 33.2 Å². The van der Waals surface area contributed by atoms with Gasteiger partial charge in [0.1, 0.15) is 5.88 Å². The van der Waals surface area contributed by atoms with E-state index >= 15 is 0 Å². The van der Waals surface area contributed by atoms with Gasteiger partial charge in [0, 0.05) is 19.4 Å². The summed E-state index contributed by atoms with van der Waals surface area (Å²) < 4.78 is 0. The van der Waals surface area contributed by atoms with Crippen LogP contribution in [0.2, 0.25) is 0 Å². The summed E-state index contributed by atoms with van der Waals surface area (Å²) in [6.45, 7) is 1.95. The van der Waals surface area contributed by atoms with Gasteiger partial charge in [-0.3, -0.25) is 9.78 Å². The second-order valence-electron chi connectivity index (χ2n) is 3.10. The van der Waals surface area contributed by atoms with E-state index in [0.717, 1.165) is 5.56 Å². The zero-order chi connectivity index (χ0) is 10.6. The van der Waals surface area contributed by atoms with Gasteiger partial charge in [0.05, 0.1) is 6.04 Å². The first kappa shape index (κ1) is 11.0. The van der Waals surface area contributed by atoms with Crippen LogP contribution in [0, 0.1) is 0 Å². The first-order chi connectivity index (χ1) is 6.66. The maximum atomic E-state index is 11.3. The van der Waals surface area contributed by atoms with Gasteiger partial charge in [-0.15, -0.1) is 11.6 Å².